The highest BCUT2D eigenvalue weighted by Gasteiger charge is 2.07. The summed E-state index contributed by atoms with van der Waals surface area (Å²) in [5, 5.41) is 3.16. The van der Waals surface area contributed by atoms with E-state index >= 15 is 0 Å². The van der Waals surface area contributed by atoms with E-state index in [-0.39, 0.29) is 12.0 Å². The molecule has 0 fully saturated rings. The van der Waals surface area contributed by atoms with Gasteiger partial charge in [0.05, 0.1) is 6.61 Å². The van der Waals surface area contributed by atoms with E-state index in [1.807, 2.05) is 6.92 Å². The summed E-state index contributed by atoms with van der Waals surface area (Å²) in [6.07, 6.45) is 2.25. The van der Waals surface area contributed by atoms with Crippen LogP contribution in [0.3, 0.4) is 0 Å². The Kier molecular flexibility index (Phi) is 5.45. The molecule has 0 saturated carbocycles. The smallest absolute Gasteiger partial charge is 0.323 e. The van der Waals surface area contributed by atoms with Crippen molar-refractivity contribution in [2.75, 3.05) is 24.2 Å². The number of anilines is 2. The van der Waals surface area contributed by atoms with Gasteiger partial charge in [-0.1, -0.05) is 26.7 Å². The second kappa shape index (κ2) is 6.88. The Morgan fingerprint density at radius 1 is 1.18 bits per heavy atom. The molecule has 0 aliphatic rings. The van der Waals surface area contributed by atoms with Gasteiger partial charge in [-0.15, -0.1) is 0 Å². The van der Waals surface area contributed by atoms with Crippen molar-refractivity contribution in [1.29, 1.82) is 0 Å². The zero-order valence-electron chi connectivity index (χ0n) is 10.7. The SMILES string of the molecule is CCOc1nc(N)nc(NCC(CC)CC)n1. The minimum atomic E-state index is 0.176. The van der Waals surface area contributed by atoms with Gasteiger partial charge in [0, 0.05) is 6.54 Å². The number of nitrogens with two attached hydrogens (primary N) is 1. The first-order valence-electron chi connectivity index (χ1n) is 6.07. The van der Waals surface area contributed by atoms with Gasteiger partial charge in [0.2, 0.25) is 11.9 Å². The highest BCUT2D eigenvalue weighted by molar-refractivity contribution is 5.32. The van der Waals surface area contributed by atoms with Crippen molar-refractivity contribution in [3.05, 3.63) is 0 Å². The Hall–Kier alpha value is -1.59. The van der Waals surface area contributed by atoms with Crippen LogP contribution in [0.15, 0.2) is 0 Å². The third-order valence-electron chi connectivity index (χ3n) is 2.61. The normalized spacial score (nSPS) is 10.6. The van der Waals surface area contributed by atoms with Crippen molar-refractivity contribution in [1.82, 2.24) is 15.0 Å². The van der Waals surface area contributed by atoms with Crippen LogP contribution in [-0.2, 0) is 0 Å². The Morgan fingerprint density at radius 3 is 2.47 bits per heavy atom. The monoisotopic (exact) mass is 239 g/mol. The summed E-state index contributed by atoms with van der Waals surface area (Å²) >= 11 is 0. The van der Waals surface area contributed by atoms with Crippen LogP contribution in [-0.4, -0.2) is 28.1 Å². The number of nitrogens with one attached hydrogen (secondary N) is 1. The van der Waals surface area contributed by atoms with E-state index in [1.54, 1.807) is 0 Å². The molecule has 0 aliphatic carbocycles. The number of hydrogen-bond acceptors (Lipinski definition) is 6. The molecule has 6 nitrogen and oxygen atoms in total. The molecule has 0 aliphatic heterocycles. The summed E-state index contributed by atoms with van der Waals surface area (Å²) in [5.41, 5.74) is 5.58. The van der Waals surface area contributed by atoms with Gasteiger partial charge in [-0.25, -0.2) is 0 Å². The molecular weight excluding hydrogens is 218 g/mol. The van der Waals surface area contributed by atoms with Crippen molar-refractivity contribution in [3.8, 4) is 6.01 Å². The van der Waals surface area contributed by atoms with Gasteiger partial charge in [-0.2, -0.15) is 15.0 Å². The summed E-state index contributed by atoms with van der Waals surface area (Å²) in [6, 6.07) is 0.270. The summed E-state index contributed by atoms with van der Waals surface area (Å²) in [5.74, 6) is 1.27. The number of nitrogens with zero attached hydrogens (tertiary/aromatic N) is 3. The van der Waals surface area contributed by atoms with Crippen LogP contribution in [0.25, 0.3) is 0 Å². The van der Waals surface area contributed by atoms with Gasteiger partial charge in [0.1, 0.15) is 0 Å². The van der Waals surface area contributed by atoms with Crippen LogP contribution >= 0.6 is 0 Å². The minimum Gasteiger partial charge on any atom is -0.464 e. The highest BCUT2D eigenvalue weighted by Crippen LogP contribution is 2.11. The van der Waals surface area contributed by atoms with E-state index in [4.69, 9.17) is 10.5 Å². The Bertz CT molecular complexity index is 341. The van der Waals surface area contributed by atoms with Gasteiger partial charge in [0.15, 0.2) is 0 Å². The number of aromatic nitrogens is 3. The third kappa shape index (κ3) is 4.42. The van der Waals surface area contributed by atoms with Crippen LogP contribution in [0.2, 0.25) is 0 Å². The molecule has 0 radical (unpaired) electrons. The largest absolute Gasteiger partial charge is 0.464 e. The first-order chi connectivity index (χ1) is 8.19. The molecule has 0 amide bonds. The van der Waals surface area contributed by atoms with E-state index in [0.717, 1.165) is 19.4 Å². The van der Waals surface area contributed by atoms with Gasteiger partial charge < -0.3 is 15.8 Å². The molecule has 0 aromatic carbocycles. The van der Waals surface area contributed by atoms with E-state index < -0.39 is 0 Å². The maximum atomic E-state index is 5.58. The van der Waals surface area contributed by atoms with E-state index in [2.05, 4.69) is 34.1 Å². The summed E-state index contributed by atoms with van der Waals surface area (Å²) in [4.78, 5) is 12.0. The van der Waals surface area contributed by atoms with E-state index in [0.29, 0.717) is 18.5 Å². The fourth-order valence-corrected chi connectivity index (χ4v) is 1.46. The average molecular weight is 239 g/mol. The first kappa shape index (κ1) is 13.5. The molecule has 3 N–H and O–H groups in total. The second-order valence-electron chi connectivity index (χ2n) is 3.80. The van der Waals surface area contributed by atoms with Crippen molar-refractivity contribution in [2.45, 2.75) is 33.6 Å². The lowest BCUT2D eigenvalue weighted by Gasteiger charge is -2.13. The molecule has 0 bridgehead atoms. The molecule has 0 saturated heterocycles. The number of rotatable bonds is 7. The topological polar surface area (TPSA) is 86.0 Å². The molecule has 0 spiro atoms. The van der Waals surface area contributed by atoms with E-state index in [9.17, 15) is 0 Å². The van der Waals surface area contributed by atoms with Crippen molar-refractivity contribution in [2.24, 2.45) is 5.92 Å². The highest BCUT2D eigenvalue weighted by atomic mass is 16.5. The summed E-state index contributed by atoms with van der Waals surface area (Å²) in [6.45, 7) is 7.56. The Morgan fingerprint density at radius 2 is 1.88 bits per heavy atom. The van der Waals surface area contributed by atoms with Crippen LogP contribution in [0, 0.1) is 5.92 Å². The maximum Gasteiger partial charge on any atom is 0.323 e. The van der Waals surface area contributed by atoms with Crippen LogP contribution < -0.4 is 15.8 Å². The Balaban J connectivity index is 2.63. The number of hydrogen-bond donors (Lipinski definition) is 2. The second-order valence-corrected chi connectivity index (χ2v) is 3.80. The fourth-order valence-electron chi connectivity index (χ4n) is 1.46. The molecule has 1 aromatic rings. The van der Waals surface area contributed by atoms with E-state index in [1.165, 1.54) is 0 Å². The summed E-state index contributed by atoms with van der Waals surface area (Å²) in [7, 11) is 0. The number of ether oxygens (including phenoxy) is 1. The zero-order chi connectivity index (χ0) is 12.7. The van der Waals surface area contributed by atoms with Crippen molar-refractivity contribution >= 4 is 11.9 Å². The van der Waals surface area contributed by atoms with Crippen LogP contribution in [0.4, 0.5) is 11.9 Å². The average Bonchev–Trinajstić information content (AvgIpc) is 2.30. The molecule has 0 unspecified atom stereocenters. The van der Waals surface area contributed by atoms with Gasteiger partial charge in [-0.3, -0.25) is 0 Å². The minimum absolute atomic E-state index is 0.176. The molecule has 1 heterocycles. The lowest BCUT2D eigenvalue weighted by molar-refractivity contribution is 0.312. The quantitative estimate of drug-likeness (QED) is 0.753. The lowest BCUT2D eigenvalue weighted by atomic mass is 10.0. The maximum absolute atomic E-state index is 5.58. The molecule has 1 rings (SSSR count). The van der Waals surface area contributed by atoms with Gasteiger partial charge in [0.25, 0.3) is 0 Å². The molecule has 96 valence electrons. The molecule has 17 heavy (non-hydrogen) atoms. The predicted molar refractivity (Wildman–Crippen MR) is 68.0 cm³/mol. The lowest BCUT2D eigenvalue weighted by Crippen LogP contribution is -2.16. The zero-order valence-corrected chi connectivity index (χ0v) is 10.7. The summed E-state index contributed by atoms with van der Waals surface area (Å²) < 4.78 is 5.20. The molecular formula is C11H21N5O. The van der Waals surface area contributed by atoms with Crippen LogP contribution in [0.5, 0.6) is 6.01 Å². The number of nitrogen functional groups attached to an aromatic ring is 1. The van der Waals surface area contributed by atoms with Crippen LogP contribution in [0.1, 0.15) is 33.6 Å². The molecule has 1 aromatic heterocycles. The Labute approximate surface area is 102 Å². The van der Waals surface area contributed by atoms with Crippen molar-refractivity contribution in [3.63, 3.8) is 0 Å². The predicted octanol–water partition coefficient (Wildman–Crippen LogP) is 1.70. The standard InChI is InChI=1S/C11H21N5O/c1-4-8(5-2)7-13-10-14-9(12)15-11(16-10)17-6-3/h8H,4-7H2,1-3H3,(H3,12,13,14,15,16). The third-order valence-corrected chi connectivity index (χ3v) is 2.61. The fraction of sp³-hybridized carbons (Fsp3) is 0.727. The molecule has 6 heteroatoms. The van der Waals surface area contributed by atoms with Crippen molar-refractivity contribution < 1.29 is 4.74 Å². The van der Waals surface area contributed by atoms with Gasteiger partial charge in [-0.05, 0) is 12.8 Å². The molecule has 0 atom stereocenters. The van der Waals surface area contributed by atoms with Gasteiger partial charge >= 0.3 is 6.01 Å². The first-order valence-corrected chi connectivity index (χ1v) is 6.07.